The van der Waals surface area contributed by atoms with E-state index in [0.717, 1.165) is 6.42 Å². The predicted octanol–water partition coefficient (Wildman–Crippen LogP) is 3.06. The van der Waals surface area contributed by atoms with E-state index >= 15 is 0 Å². The number of hydrogen-bond acceptors (Lipinski definition) is 4. The van der Waals surface area contributed by atoms with E-state index in [2.05, 4.69) is 9.73 Å². The highest BCUT2D eigenvalue weighted by atomic mass is 19.4. The number of nitrogens with zero attached hydrogens (tertiary/aromatic N) is 2. The van der Waals surface area contributed by atoms with Gasteiger partial charge < -0.3 is 15.4 Å². The van der Waals surface area contributed by atoms with Crippen molar-refractivity contribution in [2.75, 3.05) is 6.54 Å². The van der Waals surface area contributed by atoms with Crippen molar-refractivity contribution in [3.63, 3.8) is 0 Å². The monoisotopic (exact) mass is 301 g/mol. The van der Waals surface area contributed by atoms with Crippen molar-refractivity contribution in [1.29, 1.82) is 0 Å². The van der Waals surface area contributed by atoms with Gasteiger partial charge in [-0.1, -0.05) is 19.1 Å². The maximum Gasteiger partial charge on any atom is 0.573 e. The van der Waals surface area contributed by atoms with Crippen LogP contribution in [0, 0.1) is 0 Å². The van der Waals surface area contributed by atoms with Crippen molar-refractivity contribution in [2.45, 2.75) is 38.7 Å². The molecule has 2 unspecified atom stereocenters. The van der Waals surface area contributed by atoms with Crippen LogP contribution >= 0.6 is 0 Å². The van der Waals surface area contributed by atoms with E-state index in [4.69, 9.17) is 5.73 Å². The zero-order valence-electron chi connectivity index (χ0n) is 11.9. The molecule has 0 fully saturated rings. The molecular formula is C14H18F3N3O. The summed E-state index contributed by atoms with van der Waals surface area (Å²) >= 11 is 0. The number of ether oxygens (including phenoxy) is 1. The van der Waals surface area contributed by atoms with E-state index in [1.165, 1.54) is 12.1 Å². The number of hydrogen-bond donors (Lipinski definition) is 1. The summed E-state index contributed by atoms with van der Waals surface area (Å²) in [6, 6.07) is 5.98. The summed E-state index contributed by atoms with van der Waals surface area (Å²) in [5, 5.41) is 0. The first kappa shape index (κ1) is 15.5. The molecule has 1 aliphatic heterocycles. The molecule has 2 N–H and O–H groups in total. The van der Waals surface area contributed by atoms with Crippen LogP contribution in [-0.2, 0) is 0 Å². The van der Waals surface area contributed by atoms with Gasteiger partial charge in [-0.3, -0.25) is 4.99 Å². The first-order chi connectivity index (χ1) is 9.81. The number of rotatable bonds is 4. The van der Waals surface area contributed by atoms with Crippen molar-refractivity contribution >= 4 is 5.96 Å². The summed E-state index contributed by atoms with van der Waals surface area (Å²) in [6.45, 7) is 4.47. The predicted molar refractivity (Wildman–Crippen MR) is 73.9 cm³/mol. The average molecular weight is 301 g/mol. The molecule has 116 valence electrons. The second-order valence-electron chi connectivity index (χ2n) is 5.00. The Bertz CT molecular complexity index is 530. The van der Waals surface area contributed by atoms with Gasteiger partial charge in [-0.2, -0.15) is 0 Å². The highest BCUT2D eigenvalue weighted by Crippen LogP contribution is 2.31. The maximum atomic E-state index is 12.3. The number of aliphatic imine (C=N–C) groups is 1. The number of nitrogens with two attached hydrogens (primary N) is 1. The lowest BCUT2D eigenvalue weighted by atomic mass is 10.0. The van der Waals surface area contributed by atoms with Gasteiger partial charge in [0.05, 0.1) is 12.6 Å². The van der Waals surface area contributed by atoms with Crippen molar-refractivity contribution in [3.8, 4) is 5.75 Å². The minimum atomic E-state index is -4.69. The molecule has 2 atom stereocenters. The Morgan fingerprint density at radius 3 is 2.81 bits per heavy atom. The van der Waals surface area contributed by atoms with Crippen LogP contribution in [-0.4, -0.2) is 29.8 Å². The quantitative estimate of drug-likeness (QED) is 0.930. The van der Waals surface area contributed by atoms with Crippen LogP contribution in [0.1, 0.15) is 31.9 Å². The molecule has 0 saturated heterocycles. The molecule has 1 aliphatic rings. The van der Waals surface area contributed by atoms with Crippen molar-refractivity contribution < 1.29 is 17.9 Å². The summed E-state index contributed by atoms with van der Waals surface area (Å²) < 4.78 is 40.9. The molecule has 1 aromatic rings. The lowest BCUT2D eigenvalue weighted by molar-refractivity contribution is -0.274. The maximum absolute atomic E-state index is 12.3. The van der Waals surface area contributed by atoms with Gasteiger partial charge in [0, 0.05) is 6.04 Å². The van der Waals surface area contributed by atoms with E-state index in [9.17, 15) is 13.2 Å². The first-order valence-corrected chi connectivity index (χ1v) is 6.75. The molecular weight excluding hydrogens is 283 g/mol. The minimum Gasteiger partial charge on any atom is -0.406 e. The number of guanidine groups is 1. The minimum absolute atomic E-state index is 0.156. The molecule has 0 aliphatic carbocycles. The Balaban J connectivity index is 2.24. The van der Waals surface area contributed by atoms with E-state index < -0.39 is 6.36 Å². The van der Waals surface area contributed by atoms with Crippen LogP contribution < -0.4 is 10.5 Å². The molecule has 7 heteroatoms. The standard InChI is InChI=1S/C14H18F3N3O/c1-3-9(2)20-12(8-19-13(20)18)10-5-4-6-11(7-10)21-14(15,16)17/h4-7,9,12H,3,8H2,1-2H3,(H2,18,19). The molecule has 2 rings (SSSR count). The van der Waals surface area contributed by atoms with Crippen LogP contribution in [0.2, 0.25) is 0 Å². The summed E-state index contributed by atoms with van der Waals surface area (Å²) in [6.07, 6.45) is -3.83. The smallest absolute Gasteiger partial charge is 0.406 e. The van der Waals surface area contributed by atoms with Crippen LogP contribution in [0.15, 0.2) is 29.3 Å². The molecule has 0 saturated carbocycles. The third-order valence-electron chi connectivity index (χ3n) is 3.57. The summed E-state index contributed by atoms with van der Waals surface area (Å²) in [5.41, 5.74) is 6.60. The van der Waals surface area contributed by atoms with Crippen LogP contribution in [0.4, 0.5) is 13.2 Å². The molecule has 0 aromatic heterocycles. The number of alkyl halides is 3. The fraction of sp³-hybridized carbons (Fsp3) is 0.500. The van der Waals surface area contributed by atoms with Gasteiger partial charge in [-0.05, 0) is 31.0 Å². The number of benzene rings is 1. The van der Waals surface area contributed by atoms with Gasteiger partial charge in [-0.15, -0.1) is 13.2 Å². The molecule has 0 spiro atoms. The molecule has 0 amide bonds. The lowest BCUT2D eigenvalue weighted by Crippen LogP contribution is -2.42. The first-order valence-electron chi connectivity index (χ1n) is 6.75. The third-order valence-corrected chi connectivity index (χ3v) is 3.57. The fourth-order valence-corrected chi connectivity index (χ4v) is 2.42. The fourth-order valence-electron chi connectivity index (χ4n) is 2.42. The van der Waals surface area contributed by atoms with E-state index in [1.54, 1.807) is 12.1 Å². The molecule has 4 nitrogen and oxygen atoms in total. The molecule has 0 bridgehead atoms. The third kappa shape index (κ3) is 3.59. The molecule has 21 heavy (non-hydrogen) atoms. The summed E-state index contributed by atoms with van der Waals surface area (Å²) in [5.74, 6) is 0.200. The zero-order valence-corrected chi connectivity index (χ0v) is 11.9. The highest BCUT2D eigenvalue weighted by molar-refractivity contribution is 5.80. The van der Waals surface area contributed by atoms with Crippen molar-refractivity contribution in [1.82, 2.24) is 4.90 Å². The Labute approximate surface area is 121 Å². The largest absolute Gasteiger partial charge is 0.573 e. The van der Waals surface area contributed by atoms with E-state index in [1.807, 2.05) is 18.7 Å². The SMILES string of the molecule is CCC(C)N1C(N)=NCC1c1cccc(OC(F)(F)F)c1. The normalized spacial score (nSPS) is 20.3. The summed E-state index contributed by atoms with van der Waals surface area (Å²) in [7, 11) is 0. The van der Waals surface area contributed by atoms with Gasteiger partial charge in [-0.25, -0.2) is 0 Å². The van der Waals surface area contributed by atoms with Crippen molar-refractivity contribution in [3.05, 3.63) is 29.8 Å². The molecule has 1 aromatic carbocycles. The zero-order chi connectivity index (χ0) is 15.6. The van der Waals surface area contributed by atoms with E-state index in [-0.39, 0.29) is 17.8 Å². The van der Waals surface area contributed by atoms with Gasteiger partial charge in [0.25, 0.3) is 0 Å². The van der Waals surface area contributed by atoms with Crippen molar-refractivity contribution in [2.24, 2.45) is 10.7 Å². The Hall–Kier alpha value is -1.92. The van der Waals surface area contributed by atoms with Gasteiger partial charge in [0.2, 0.25) is 0 Å². The van der Waals surface area contributed by atoms with Crippen LogP contribution in [0.25, 0.3) is 0 Å². The van der Waals surface area contributed by atoms with Gasteiger partial charge in [0.15, 0.2) is 5.96 Å². The van der Waals surface area contributed by atoms with Gasteiger partial charge in [0.1, 0.15) is 5.75 Å². The second-order valence-corrected chi connectivity index (χ2v) is 5.00. The lowest BCUT2D eigenvalue weighted by Gasteiger charge is -2.32. The molecule has 0 radical (unpaired) electrons. The average Bonchev–Trinajstić information content (AvgIpc) is 2.78. The Kier molecular flexibility index (Phi) is 4.29. The van der Waals surface area contributed by atoms with Gasteiger partial charge >= 0.3 is 6.36 Å². The topological polar surface area (TPSA) is 50.8 Å². The van der Waals surface area contributed by atoms with Crippen LogP contribution in [0.5, 0.6) is 5.75 Å². The second kappa shape index (κ2) is 5.83. The van der Waals surface area contributed by atoms with Crippen LogP contribution in [0.3, 0.4) is 0 Å². The highest BCUT2D eigenvalue weighted by Gasteiger charge is 2.33. The summed E-state index contributed by atoms with van der Waals surface area (Å²) in [4.78, 5) is 6.14. The Morgan fingerprint density at radius 1 is 1.48 bits per heavy atom. The molecule has 1 heterocycles. The van der Waals surface area contributed by atoms with E-state index in [0.29, 0.717) is 18.1 Å². The number of halogens is 3. The Morgan fingerprint density at radius 2 is 2.19 bits per heavy atom.